The molecule has 0 saturated heterocycles. The van der Waals surface area contributed by atoms with Gasteiger partial charge in [-0.3, -0.25) is 4.79 Å². The average molecular weight is 414 g/mol. The lowest BCUT2D eigenvalue weighted by Gasteiger charge is -2.14. The number of rotatable bonds is 7. The van der Waals surface area contributed by atoms with Crippen LogP contribution >= 0.6 is 0 Å². The summed E-state index contributed by atoms with van der Waals surface area (Å²) in [6.45, 7) is 3.09. The first-order valence-corrected chi connectivity index (χ1v) is 9.35. The van der Waals surface area contributed by atoms with Crippen LogP contribution in [0.5, 0.6) is 5.75 Å². The van der Waals surface area contributed by atoms with Gasteiger partial charge in [-0.2, -0.15) is 13.2 Å². The summed E-state index contributed by atoms with van der Waals surface area (Å²) >= 11 is 0. The molecule has 0 aromatic heterocycles. The Kier molecular flexibility index (Phi) is 6.47. The van der Waals surface area contributed by atoms with Crippen LogP contribution < -0.4 is 14.8 Å². The summed E-state index contributed by atoms with van der Waals surface area (Å²) in [5.74, 6) is -0.523. The van der Waals surface area contributed by atoms with Crippen LogP contribution in [0, 0.1) is 0 Å². The molecule has 6 nitrogen and oxygen atoms in total. The van der Waals surface area contributed by atoms with E-state index in [1.54, 1.807) is 0 Å². The highest BCUT2D eigenvalue weighted by molar-refractivity contribution is 7.89. The van der Waals surface area contributed by atoms with Gasteiger partial charge in [-0.05, 0) is 49.0 Å². The smallest absolute Gasteiger partial charge is 0.416 e. The van der Waals surface area contributed by atoms with Gasteiger partial charge in [0.15, 0.2) is 0 Å². The van der Waals surface area contributed by atoms with Crippen molar-refractivity contribution >= 4 is 21.6 Å². The number of ether oxygens (including phenoxy) is 1. The zero-order valence-corrected chi connectivity index (χ0v) is 15.5. The first-order chi connectivity index (χ1) is 13.1. The number of nitrogens with one attached hydrogen (secondary N) is 2. The highest BCUT2D eigenvalue weighted by atomic mass is 32.2. The quantitative estimate of drug-likeness (QED) is 0.681. The summed E-state index contributed by atoms with van der Waals surface area (Å²) in [7, 11) is -2.55. The van der Waals surface area contributed by atoms with E-state index < -0.39 is 27.7 Å². The number of hydrogen-bond acceptors (Lipinski definition) is 4. The number of anilines is 1. The van der Waals surface area contributed by atoms with E-state index in [0.717, 1.165) is 18.2 Å². The molecule has 0 radical (unpaired) electrons. The number of alkyl halides is 3. The summed E-state index contributed by atoms with van der Waals surface area (Å²) in [4.78, 5) is 11.5. The topological polar surface area (TPSA) is 84.5 Å². The molecule has 0 fully saturated rings. The van der Waals surface area contributed by atoms with Crippen molar-refractivity contribution in [2.45, 2.75) is 17.7 Å². The summed E-state index contributed by atoms with van der Waals surface area (Å²) in [5, 5.41) is 2.41. The average Bonchev–Trinajstić information content (AvgIpc) is 2.66. The maximum Gasteiger partial charge on any atom is 0.416 e. The minimum absolute atomic E-state index is 0.0354. The Balaban J connectivity index is 2.31. The van der Waals surface area contributed by atoms with Crippen molar-refractivity contribution in [3.05, 3.63) is 66.2 Å². The third-order valence-electron chi connectivity index (χ3n) is 3.62. The van der Waals surface area contributed by atoms with Gasteiger partial charge in [-0.25, -0.2) is 13.1 Å². The first-order valence-electron chi connectivity index (χ1n) is 7.87. The minimum atomic E-state index is -4.48. The maximum absolute atomic E-state index is 12.8. The van der Waals surface area contributed by atoms with Gasteiger partial charge < -0.3 is 10.1 Å². The van der Waals surface area contributed by atoms with E-state index in [9.17, 15) is 26.4 Å². The van der Waals surface area contributed by atoms with Crippen LogP contribution in [0.1, 0.15) is 11.1 Å². The highest BCUT2D eigenvalue weighted by Gasteiger charge is 2.30. The predicted octanol–water partition coefficient (Wildman–Crippen LogP) is 3.32. The van der Waals surface area contributed by atoms with Gasteiger partial charge in [-0.1, -0.05) is 18.7 Å². The number of carbonyl (C=O) groups is 1. The molecule has 150 valence electrons. The fourth-order valence-electron chi connectivity index (χ4n) is 2.20. The van der Waals surface area contributed by atoms with Crippen LogP contribution in [0.4, 0.5) is 18.9 Å². The fourth-order valence-corrected chi connectivity index (χ4v) is 2.96. The van der Waals surface area contributed by atoms with Crippen molar-refractivity contribution in [3.63, 3.8) is 0 Å². The predicted molar refractivity (Wildman–Crippen MR) is 97.3 cm³/mol. The van der Waals surface area contributed by atoms with Gasteiger partial charge in [0.2, 0.25) is 15.9 Å². The number of hydrogen-bond donors (Lipinski definition) is 2. The van der Waals surface area contributed by atoms with E-state index in [-0.39, 0.29) is 28.5 Å². The van der Waals surface area contributed by atoms with E-state index in [4.69, 9.17) is 4.74 Å². The van der Waals surface area contributed by atoms with Crippen LogP contribution in [-0.4, -0.2) is 21.4 Å². The molecule has 2 aromatic rings. The standard InChI is InChI=1S/C18H17F3N2O4S/c1-3-17(24)23-15-10-14(28(25,26)22-2)7-8-16(15)27-11-12-5-4-6-13(9-12)18(19,20)21/h3-10,22H,1,11H2,2H3,(H,23,24). The Morgan fingerprint density at radius 1 is 1.21 bits per heavy atom. The Hall–Kier alpha value is -2.85. The molecule has 0 atom stereocenters. The number of amides is 1. The van der Waals surface area contributed by atoms with Crippen molar-refractivity contribution in [2.24, 2.45) is 0 Å². The van der Waals surface area contributed by atoms with Crippen LogP contribution in [0.25, 0.3) is 0 Å². The lowest BCUT2D eigenvalue weighted by molar-refractivity contribution is -0.137. The molecule has 28 heavy (non-hydrogen) atoms. The minimum Gasteiger partial charge on any atom is -0.487 e. The third-order valence-corrected chi connectivity index (χ3v) is 5.03. The number of benzene rings is 2. The monoisotopic (exact) mass is 414 g/mol. The molecule has 2 aromatic carbocycles. The molecule has 2 N–H and O–H groups in total. The molecular formula is C18H17F3N2O4S. The molecular weight excluding hydrogens is 397 g/mol. The Morgan fingerprint density at radius 2 is 1.93 bits per heavy atom. The summed E-state index contributed by atoms with van der Waals surface area (Å²) in [5.41, 5.74) is -0.528. The maximum atomic E-state index is 12.8. The van der Waals surface area contributed by atoms with Crippen molar-refractivity contribution in [3.8, 4) is 5.75 Å². The van der Waals surface area contributed by atoms with Crippen molar-refractivity contribution in [1.82, 2.24) is 4.72 Å². The SMILES string of the molecule is C=CC(=O)Nc1cc(S(=O)(=O)NC)ccc1OCc1cccc(C(F)(F)F)c1. The highest BCUT2D eigenvalue weighted by Crippen LogP contribution is 2.31. The largest absolute Gasteiger partial charge is 0.487 e. The molecule has 0 unspecified atom stereocenters. The lowest BCUT2D eigenvalue weighted by atomic mass is 10.1. The van der Waals surface area contributed by atoms with Gasteiger partial charge in [0.25, 0.3) is 0 Å². The van der Waals surface area contributed by atoms with Gasteiger partial charge >= 0.3 is 6.18 Å². The van der Waals surface area contributed by atoms with Gasteiger partial charge in [0.05, 0.1) is 16.1 Å². The molecule has 0 aliphatic rings. The summed E-state index contributed by atoms with van der Waals surface area (Å²) < 4.78 is 69.9. The fraction of sp³-hybridized carbons (Fsp3) is 0.167. The van der Waals surface area contributed by atoms with E-state index in [2.05, 4.69) is 16.6 Å². The van der Waals surface area contributed by atoms with Crippen molar-refractivity contribution in [2.75, 3.05) is 12.4 Å². The lowest BCUT2D eigenvalue weighted by Crippen LogP contribution is -2.19. The van der Waals surface area contributed by atoms with Crippen molar-refractivity contribution in [1.29, 1.82) is 0 Å². The molecule has 0 saturated carbocycles. The normalized spacial score (nSPS) is 11.7. The molecule has 0 aliphatic heterocycles. The second-order valence-corrected chi connectivity index (χ2v) is 7.43. The molecule has 2 rings (SSSR count). The van der Waals surface area contributed by atoms with E-state index in [0.29, 0.717) is 0 Å². The Bertz CT molecular complexity index is 989. The van der Waals surface area contributed by atoms with E-state index in [1.165, 1.54) is 37.4 Å². The van der Waals surface area contributed by atoms with Crippen LogP contribution in [0.15, 0.2) is 60.0 Å². The summed E-state index contributed by atoms with van der Waals surface area (Å²) in [6, 6.07) is 8.32. The summed E-state index contributed by atoms with van der Waals surface area (Å²) in [6.07, 6.45) is -3.50. The van der Waals surface area contributed by atoms with E-state index in [1.807, 2.05) is 0 Å². The van der Waals surface area contributed by atoms with Crippen LogP contribution in [0.2, 0.25) is 0 Å². The van der Waals surface area contributed by atoms with E-state index >= 15 is 0 Å². The number of halogens is 3. The zero-order chi connectivity index (χ0) is 20.9. The molecule has 0 aliphatic carbocycles. The van der Waals surface area contributed by atoms with Crippen molar-refractivity contribution < 1.29 is 31.1 Å². The Labute approximate surface area is 160 Å². The molecule has 0 spiro atoms. The van der Waals surface area contributed by atoms with Gasteiger partial charge in [0, 0.05) is 0 Å². The van der Waals surface area contributed by atoms with Gasteiger partial charge in [-0.15, -0.1) is 0 Å². The zero-order valence-electron chi connectivity index (χ0n) is 14.7. The Morgan fingerprint density at radius 3 is 2.54 bits per heavy atom. The third kappa shape index (κ3) is 5.33. The first kappa shape index (κ1) is 21.5. The molecule has 10 heteroatoms. The molecule has 1 amide bonds. The van der Waals surface area contributed by atoms with Gasteiger partial charge in [0.1, 0.15) is 12.4 Å². The number of carbonyl (C=O) groups excluding carboxylic acids is 1. The molecule has 0 heterocycles. The number of sulfonamides is 1. The van der Waals surface area contributed by atoms with Crippen LogP contribution in [-0.2, 0) is 27.6 Å². The molecule has 0 bridgehead atoms. The second-order valence-electron chi connectivity index (χ2n) is 5.55. The second kappa shape index (κ2) is 8.44. The van der Waals surface area contributed by atoms with Crippen LogP contribution in [0.3, 0.4) is 0 Å².